The molecular weight excluding hydrogens is 242 g/mol. The van der Waals surface area contributed by atoms with Crippen LogP contribution in [0.25, 0.3) is 0 Å². The van der Waals surface area contributed by atoms with Crippen LogP contribution in [-0.4, -0.2) is 12.0 Å². The van der Waals surface area contributed by atoms with Crippen LogP contribution < -0.4 is 5.32 Å². The molecule has 0 bridgehead atoms. The number of rotatable bonds is 3. The van der Waals surface area contributed by atoms with E-state index < -0.39 is 17.7 Å². The van der Waals surface area contributed by atoms with Crippen molar-refractivity contribution in [1.82, 2.24) is 10.3 Å². The SMILES string of the molecule is CNC(c1scnc1C)c1c(F)cccc1F. The second kappa shape index (κ2) is 4.89. The molecule has 0 radical (unpaired) electrons. The lowest BCUT2D eigenvalue weighted by atomic mass is 10.0. The van der Waals surface area contributed by atoms with Crippen LogP contribution >= 0.6 is 11.3 Å². The number of hydrogen-bond acceptors (Lipinski definition) is 3. The quantitative estimate of drug-likeness (QED) is 0.910. The number of hydrogen-bond donors (Lipinski definition) is 1. The van der Waals surface area contributed by atoms with Gasteiger partial charge < -0.3 is 5.32 Å². The first-order valence-corrected chi connectivity index (χ1v) is 6.04. The number of aromatic nitrogens is 1. The maximum absolute atomic E-state index is 13.7. The van der Waals surface area contributed by atoms with Crippen LogP contribution in [0.2, 0.25) is 0 Å². The Labute approximate surface area is 102 Å². The summed E-state index contributed by atoms with van der Waals surface area (Å²) in [6, 6.07) is 3.39. The molecule has 0 saturated heterocycles. The number of nitrogens with zero attached hydrogens (tertiary/aromatic N) is 1. The van der Waals surface area contributed by atoms with E-state index in [1.165, 1.54) is 29.5 Å². The highest BCUT2D eigenvalue weighted by molar-refractivity contribution is 7.09. The molecule has 0 fully saturated rings. The predicted molar refractivity (Wildman–Crippen MR) is 64.1 cm³/mol. The lowest BCUT2D eigenvalue weighted by molar-refractivity contribution is 0.524. The van der Waals surface area contributed by atoms with Gasteiger partial charge >= 0.3 is 0 Å². The van der Waals surface area contributed by atoms with Gasteiger partial charge in [-0.2, -0.15) is 0 Å². The molecule has 90 valence electrons. The fourth-order valence-corrected chi connectivity index (χ4v) is 2.70. The van der Waals surface area contributed by atoms with E-state index in [9.17, 15) is 8.78 Å². The first-order valence-electron chi connectivity index (χ1n) is 5.16. The molecule has 1 aromatic carbocycles. The van der Waals surface area contributed by atoms with Crippen molar-refractivity contribution in [2.24, 2.45) is 0 Å². The highest BCUT2D eigenvalue weighted by Crippen LogP contribution is 2.30. The van der Waals surface area contributed by atoms with Crippen molar-refractivity contribution >= 4 is 11.3 Å². The number of benzene rings is 1. The Balaban J connectivity index is 2.53. The molecule has 0 aliphatic carbocycles. The summed E-state index contributed by atoms with van der Waals surface area (Å²) in [5.41, 5.74) is 2.51. The maximum Gasteiger partial charge on any atom is 0.131 e. The van der Waals surface area contributed by atoms with Crippen LogP contribution in [-0.2, 0) is 0 Å². The summed E-state index contributed by atoms with van der Waals surface area (Å²) in [5.74, 6) is -1.09. The molecule has 5 heteroatoms. The minimum atomic E-state index is -0.544. The summed E-state index contributed by atoms with van der Waals surface area (Å²) in [6.07, 6.45) is 0. The Morgan fingerprint density at radius 2 is 1.94 bits per heavy atom. The Morgan fingerprint density at radius 1 is 1.29 bits per heavy atom. The average molecular weight is 254 g/mol. The smallest absolute Gasteiger partial charge is 0.131 e. The fourth-order valence-electron chi connectivity index (χ4n) is 1.78. The molecule has 2 nitrogen and oxygen atoms in total. The molecule has 0 saturated carbocycles. The highest BCUT2D eigenvalue weighted by Gasteiger charge is 2.23. The van der Waals surface area contributed by atoms with E-state index in [0.717, 1.165) is 10.6 Å². The number of halogens is 2. The summed E-state index contributed by atoms with van der Waals surface area (Å²) in [5, 5.41) is 2.93. The zero-order valence-corrected chi connectivity index (χ0v) is 10.3. The van der Waals surface area contributed by atoms with Crippen molar-refractivity contribution in [3.8, 4) is 0 Å². The van der Waals surface area contributed by atoms with E-state index in [4.69, 9.17) is 0 Å². The van der Waals surface area contributed by atoms with Gasteiger partial charge in [0.1, 0.15) is 11.6 Å². The van der Waals surface area contributed by atoms with Gasteiger partial charge in [0, 0.05) is 10.4 Å². The van der Waals surface area contributed by atoms with E-state index >= 15 is 0 Å². The van der Waals surface area contributed by atoms with Crippen LogP contribution in [0.3, 0.4) is 0 Å². The van der Waals surface area contributed by atoms with Crippen LogP contribution in [0.1, 0.15) is 22.2 Å². The molecular formula is C12H12F2N2S. The van der Waals surface area contributed by atoms with E-state index in [0.29, 0.717) is 0 Å². The first-order chi connectivity index (χ1) is 8.15. The first kappa shape index (κ1) is 12.1. The molecule has 0 aliphatic rings. The van der Waals surface area contributed by atoms with Gasteiger partial charge in [-0.25, -0.2) is 13.8 Å². The molecule has 2 aromatic rings. The van der Waals surface area contributed by atoms with Gasteiger partial charge in [-0.3, -0.25) is 0 Å². The zero-order valence-electron chi connectivity index (χ0n) is 9.50. The van der Waals surface area contributed by atoms with Crippen molar-refractivity contribution < 1.29 is 8.78 Å². The molecule has 1 unspecified atom stereocenters. The lowest BCUT2D eigenvalue weighted by Crippen LogP contribution is -2.20. The van der Waals surface area contributed by atoms with Crippen LogP contribution in [0.5, 0.6) is 0 Å². The van der Waals surface area contributed by atoms with E-state index in [-0.39, 0.29) is 5.56 Å². The van der Waals surface area contributed by atoms with E-state index in [2.05, 4.69) is 10.3 Å². The van der Waals surface area contributed by atoms with Gasteiger partial charge in [0.15, 0.2) is 0 Å². The van der Waals surface area contributed by atoms with Crippen LogP contribution in [0, 0.1) is 18.6 Å². The van der Waals surface area contributed by atoms with E-state index in [1.807, 2.05) is 6.92 Å². The van der Waals surface area contributed by atoms with Gasteiger partial charge in [0.2, 0.25) is 0 Å². The van der Waals surface area contributed by atoms with Crippen molar-refractivity contribution in [1.29, 1.82) is 0 Å². The Bertz CT molecular complexity index is 505. The number of nitrogens with one attached hydrogen (secondary N) is 1. The van der Waals surface area contributed by atoms with E-state index in [1.54, 1.807) is 12.6 Å². The van der Waals surface area contributed by atoms with Gasteiger partial charge in [0.25, 0.3) is 0 Å². The van der Waals surface area contributed by atoms with Crippen molar-refractivity contribution in [3.05, 3.63) is 51.5 Å². The summed E-state index contributed by atoms with van der Waals surface area (Å²) in [4.78, 5) is 4.93. The van der Waals surface area contributed by atoms with Crippen LogP contribution in [0.15, 0.2) is 23.7 Å². The van der Waals surface area contributed by atoms with Gasteiger partial charge in [-0.15, -0.1) is 11.3 Å². The Kier molecular flexibility index (Phi) is 3.49. The molecule has 1 heterocycles. The van der Waals surface area contributed by atoms with Gasteiger partial charge in [-0.05, 0) is 26.1 Å². The third-order valence-electron chi connectivity index (χ3n) is 2.62. The molecule has 2 rings (SSSR count). The minimum absolute atomic E-state index is 0.0438. The normalized spacial score (nSPS) is 12.7. The summed E-state index contributed by atoms with van der Waals surface area (Å²) >= 11 is 1.39. The summed E-state index contributed by atoms with van der Waals surface area (Å²) in [7, 11) is 1.68. The lowest BCUT2D eigenvalue weighted by Gasteiger charge is -2.17. The molecule has 1 aromatic heterocycles. The maximum atomic E-state index is 13.7. The molecule has 1 N–H and O–H groups in total. The Morgan fingerprint density at radius 3 is 2.41 bits per heavy atom. The zero-order chi connectivity index (χ0) is 12.4. The largest absolute Gasteiger partial charge is 0.308 e. The number of thiazole rings is 1. The fraction of sp³-hybridized carbons (Fsp3) is 0.250. The molecule has 1 atom stereocenters. The van der Waals surface area contributed by atoms with Crippen molar-refractivity contribution in [2.75, 3.05) is 7.05 Å². The number of aryl methyl sites for hydroxylation is 1. The molecule has 0 spiro atoms. The predicted octanol–water partition coefficient (Wildman–Crippen LogP) is 3.04. The standard InChI is InChI=1S/C12H12F2N2S/c1-7-12(17-6-16-7)11(15-2)10-8(13)4-3-5-9(10)14/h3-6,11,15H,1-2H3. The topological polar surface area (TPSA) is 24.9 Å². The minimum Gasteiger partial charge on any atom is -0.308 e. The molecule has 17 heavy (non-hydrogen) atoms. The third-order valence-corrected chi connectivity index (χ3v) is 3.62. The summed E-state index contributed by atoms with van der Waals surface area (Å²) in [6.45, 7) is 1.83. The monoisotopic (exact) mass is 254 g/mol. The van der Waals surface area contributed by atoms with Gasteiger partial charge in [-0.1, -0.05) is 6.07 Å². The third kappa shape index (κ3) is 2.21. The average Bonchev–Trinajstić information content (AvgIpc) is 2.70. The second-order valence-corrected chi connectivity index (χ2v) is 4.55. The molecule has 0 amide bonds. The van der Waals surface area contributed by atoms with Gasteiger partial charge in [0.05, 0.1) is 17.2 Å². The van der Waals surface area contributed by atoms with Crippen molar-refractivity contribution in [3.63, 3.8) is 0 Å². The highest BCUT2D eigenvalue weighted by atomic mass is 32.1. The van der Waals surface area contributed by atoms with Crippen molar-refractivity contribution in [2.45, 2.75) is 13.0 Å². The Hall–Kier alpha value is -1.33. The second-order valence-electron chi connectivity index (χ2n) is 3.66. The summed E-state index contributed by atoms with van der Waals surface area (Å²) < 4.78 is 27.4. The molecule has 0 aliphatic heterocycles. The van der Waals surface area contributed by atoms with Crippen LogP contribution in [0.4, 0.5) is 8.78 Å².